The van der Waals surface area contributed by atoms with Crippen molar-refractivity contribution in [3.63, 3.8) is 0 Å². The lowest BCUT2D eigenvalue weighted by Crippen LogP contribution is -2.23. The first kappa shape index (κ1) is 13.9. The second-order valence-corrected chi connectivity index (χ2v) is 5.14. The summed E-state index contributed by atoms with van der Waals surface area (Å²) in [5, 5.41) is 0. The van der Waals surface area contributed by atoms with Crippen molar-refractivity contribution in [2.24, 2.45) is 5.41 Å². The Hall–Kier alpha value is -1.12. The molecule has 3 heteroatoms. The summed E-state index contributed by atoms with van der Waals surface area (Å²) in [6, 6.07) is 0. The Morgan fingerprint density at radius 1 is 1.07 bits per heavy atom. The zero-order chi connectivity index (χ0) is 12.3. The van der Waals surface area contributed by atoms with Crippen LogP contribution in [0, 0.1) is 5.41 Å². The second kappa shape index (κ2) is 4.60. The molecule has 0 unspecified atom stereocenters. The topological polar surface area (TPSA) is 43.4 Å². The van der Waals surface area contributed by atoms with Gasteiger partial charge in [-0.1, -0.05) is 6.08 Å². The third-order valence-corrected chi connectivity index (χ3v) is 1.95. The van der Waals surface area contributed by atoms with E-state index >= 15 is 0 Å². The van der Waals surface area contributed by atoms with Crippen molar-refractivity contribution in [1.29, 1.82) is 0 Å². The lowest BCUT2D eigenvalue weighted by Gasteiger charge is -2.19. The number of carbonyl (C=O) groups is 2. The average Bonchev–Trinajstić information content (AvgIpc) is 1.97. The van der Waals surface area contributed by atoms with Crippen LogP contribution < -0.4 is 0 Å². The fourth-order valence-corrected chi connectivity index (χ4v) is 0.730. The lowest BCUT2D eigenvalue weighted by atomic mass is 9.89. The summed E-state index contributed by atoms with van der Waals surface area (Å²) in [7, 11) is 0. The van der Waals surface area contributed by atoms with Crippen molar-refractivity contribution in [2.75, 3.05) is 0 Å². The van der Waals surface area contributed by atoms with Crippen LogP contribution in [0.15, 0.2) is 12.2 Å². The van der Waals surface area contributed by atoms with Gasteiger partial charge < -0.3 is 4.74 Å². The van der Waals surface area contributed by atoms with Crippen molar-refractivity contribution in [2.45, 2.75) is 47.1 Å². The molecular formula is C12H20O3. The standard InChI is InChI=1S/C12H20O3/c1-9(13)12(5,6)8-7-10(14)15-11(2,3)4/h7-8H,1-6H3/b8-7+. The van der Waals surface area contributed by atoms with Gasteiger partial charge in [0, 0.05) is 11.5 Å². The van der Waals surface area contributed by atoms with Crippen LogP contribution in [0.3, 0.4) is 0 Å². The van der Waals surface area contributed by atoms with Gasteiger partial charge >= 0.3 is 5.97 Å². The molecule has 0 aromatic heterocycles. The molecule has 0 spiro atoms. The van der Waals surface area contributed by atoms with Gasteiger partial charge in [0.05, 0.1) is 0 Å². The zero-order valence-electron chi connectivity index (χ0n) is 10.4. The molecule has 0 aliphatic heterocycles. The summed E-state index contributed by atoms with van der Waals surface area (Å²) < 4.78 is 5.08. The number of hydrogen-bond acceptors (Lipinski definition) is 3. The minimum atomic E-state index is -0.614. The van der Waals surface area contributed by atoms with Crippen LogP contribution in [0.1, 0.15) is 41.5 Å². The summed E-state index contributed by atoms with van der Waals surface area (Å²) >= 11 is 0. The van der Waals surface area contributed by atoms with Gasteiger partial charge in [0.15, 0.2) is 0 Å². The minimum absolute atomic E-state index is 0.0160. The Balaban J connectivity index is 4.43. The SMILES string of the molecule is CC(=O)C(C)(C)/C=C/C(=O)OC(C)(C)C. The lowest BCUT2D eigenvalue weighted by molar-refractivity contribution is -0.148. The largest absolute Gasteiger partial charge is 0.457 e. The van der Waals surface area contributed by atoms with Gasteiger partial charge in [0.2, 0.25) is 0 Å². The molecule has 0 bridgehead atoms. The molecule has 0 N–H and O–H groups in total. The first-order chi connectivity index (χ1) is 6.54. The summed E-state index contributed by atoms with van der Waals surface area (Å²) in [4.78, 5) is 22.5. The molecule has 0 aliphatic carbocycles. The van der Waals surface area contributed by atoms with E-state index in [9.17, 15) is 9.59 Å². The van der Waals surface area contributed by atoms with Crippen molar-refractivity contribution in [3.05, 3.63) is 12.2 Å². The van der Waals surface area contributed by atoms with E-state index in [1.54, 1.807) is 40.7 Å². The molecule has 0 aromatic carbocycles. The maximum atomic E-state index is 11.3. The van der Waals surface area contributed by atoms with E-state index < -0.39 is 17.0 Å². The summed E-state index contributed by atoms with van der Waals surface area (Å²) in [6.07, 6.45) is 2.88. The van der Waals surface area contributed by atoms with Crippen LogP contribution in [-0.2, 0) is 14.3 Å². The molecule has 0 heterocycles. The van der Waals surface area contributed by atoms with Crippen molar-refractivity contribution in [1.82, 2.24) is 0 Å². The van der Waals surface area contributed by atoms with Gasteiger partial charge in [-0.3, -0.25) is 4.79 Å². The molecule has 3 nitrogen and oxygen atoms in total. The van der Waals surface area contributed by atoms with Gasteiger partial charge in [0.25, 0.3) is 0 Å². The Labute approximate surface area is 91.5 Å². The Bertz CT molecular complexity index is 280. The molecule has 86 valence electrons. The molecule has 0 atom stereocenters. The molecular weight excluding hydrogens is 192 g/mol. The van der Waals surface area contributed by atoms with E-state index in [0.29, 0.717) is 0 Å². The summed E-state index contributed by atoms with van der Waals surface area (Å²) in [5.74, 6) is -0.404. The van der Waals surface area contributed by atoms with E-state index in [1.807, 2.05) is 0 Å². The molecule has 0 amide bonds. The highest BCUT2D eigenvalue weighted by Crippen LogP contribution is 2.18. The number of allylic oxidation sites excluding steroid dienone is 1. The van der Waals surface area contributed by atoms with Crippen LogP contribution in [-0.4, -0.2) is 17.4 Å². The molecule has 0 aliphatic rings. The number of ether oxygens (including phenoxy) is 1. The van der Waals surface area contributed by atoms with Crippen LogP contribution in [0.5, 0.6) is 0 Å². The third-order valence-electron chi connectivity index (χ3n) is 1.95. The van der Waals surface area contributed by atoms with E-state index in [4.69, 9.17) is 4.74 Å². The first-order valence-corrected chi connectivity index (χ1v) is 4.98. The molecule has 15 heavy (non-hydrogen) atoms. The number of rotatable bonds is 3. The summed E-state index contributed by atoms with van der Waals surface area (Å²) in [6.45, 7) is 10.4. The normalized spacial score (nSPS) is 12.9. The van der Waals surface area contributed by atoms with Crippen LogP contribution in [0.2, 0.25) is 0 Å². The van der Waals surface area contributed by atoms with Gasteiger partial charge in [0.1, 0.15) is 11.4 Å². The predicted molar refractivity (Wildman–Crippen MR) is 59.4 cm³/mol. The first-order valence-electron chi connectivity index (χ1n) is 4.98. The van der Waals surface area contributed by atoms with Gasteiger partial charge in [-0.2, -0.15) is 0 Å². The second-order valence-electron chi connectivity index (χ2n) is 5.14. The van der Waals surface area contributed by atoms with Crippen molar-refractivity contribution in [3.8, 4) is 0 Å². The van der Waals surface area contributed by atoms with Gasteiger partial charge in [-0.25, -0.2) is 4.79 Å². The molecule has 0 rings (SSSR count). The van der Waals surface area contributed by atoms with Gasteiger partial charge in [-0.05, 0) is 41.5 Å². The van der Waals surface area contributed by atoms with E-state index in [2.05, 4.69) is 0 Å². The highest BCUT2D eigenvalue weighted by atomic mass is 16.6. The number of carbonyl (C=O) groups excluding carboxylic acids is 2. The van der Waals surface area contributed by atoms with Crippen molar-refractivity contribution >= 4 is 11.8 Å². The van der Waals surface area contributed by atoms with E-state index in [-0.39, 0.29) is 5.78 Å². The molecule has 0 radical (unpaired) electrons. The monoisotopic (exact) mass is 212 g/mol. The number of ketones is 1. The Morgan fingerprint density at radius 2 is 1.53 bits per heavy atom. The predicted octanol–water partition coefficient (Wildman–Crippen LogP) is 2.50. The van der Waals surface area contributed by atoms with Gasteiger partial charge in [-0.15, -0.1) is 0 Å². The highest BCUT2D eigenvalue weighted by Gasteiger charge is 2.21. The van der Waals surface area contributed by atoms with Crippen molar-refractivity contribution < 1.29 is 14.3 Å². The average molecular weight is 212 g/mol. The molecule has 0 saturated carbocycles. The molecule has 0 fully saturated rings. The maximum absolute atomic E-state index is 11.3. The fourth-order valence-electron chi connectivity index (χ4n) is 0.730. The van der Waals surface area contributed by atoms with E-state index in [1.165, 1.54) is 13.0 Å². The number of hydrogen-bond donors (Lipinski definition) is 0. The number of esters is 1. The van der Waals surface area contributed by atoms with Crippen LogP contribution in [0.25, 0.3) is 0 Å². The highest BCUT2D eigenvalue weighted by molar-refractivity contribution is 5.87. The maximum Gasteiger partial charge on any atom is 0.330 e. The van der Waals surface area contributed by atoms with E-state index in [0.717, 1.165) is 0 Å². The Kier molecular flexibility index (Phi) is 4.26. The zero-order valence-corrected chi connectivity index (χ0v) is 10.4. The molecule has 0 saturated heterocycles. The van der Waals surface area contributed by atoms with Crippen LogP contribution in [0.4, 0.5) is 0 Å². The third kappa shape index (κ3) is 6.05. The molecule has 0 aromatic rings. The minimum Gasteiger partial charge on any atom is -0.457 e. The van der Waals surface area contributed by atoms with Crippen LogP contribution >= 0.6 is 0 Å². The summed E-state index contributed by atoms with van der Waals surface area (Å²) in [5.41, 5.74) is -1.11. The number of Topliss-reactive ketones (excluding diaryl/α,β-unsaturated/α-hetero) is 1. The smallest absolute Gasteiger partial charge is 0.330 e. The Morgan fingerprint density at radius 3 is 1.87 bits per heavy atom. The fraction of sp³-hybridized carbons (Fsp3) is 0.667. The quantitative estimate of drug-likeness (QED) is 0.533.